The van der Waals surface area contributed by atoms with Crippen LogP contribution < -0.4 is 0 Å². The van der Waals surface area contributed by atoms with Crippen molar-refractivity contribution in [3.05, 3.63) is 71.7 Å². The third-order valence-electron chi connectivity index (χ3n) is 6.33. The number of rotatable bonds is 4. The minimum atomic E-state index is 0.666. The van der Waals surface area contributed by atoms with Crippen LogP contribution in [0.15, 0.2) is 54.7 Å². The van der Waals surface area contributed by atoms with Gasteiger partial charge in [0.1, 0.15) is 5.65 Å². The Morgan fingerprint density at radius 2 is 1.78 bits per heavy atom. The first-order chi connectivity index (χ1) is 15.6. The quantitative estimate of drug-likeness (QED) is 0.530. The van der Waals surface area contributed by atoms with Crippen molar-refractivity contribution in [1.82, 2.24) is 24.2 Å². The third kappa shape index (κ3) is 4.05. The first-order valence-corrected chi connectivity index (χ1v) is 11.2. The Morgan fingerprint density at radius 3 is 2.53 bits per heavy atom. The van der Waals surface area contributed by atoms with Crippen LogP contribution in [0.3, 0.4) is 0 Å². The fourth-order valence-electron chi connectivity index (χ4n) is 4.48. The van der Waals surface area contributed by atoms with Gasteiger partial charge >= 0.3 is 0 Å². The van der Waals surface area contributed by atoms with E-state index in [1.807, 2.05) is 24.3 Å². The lowest BCUT2D eigenvalue weighted by molar-refractivity contribution is 0.266. The van der Waals surface area contributed by atoms with Crippen LogP contribution >= 0.6 is 0 Å². The summed E-state index contributed by atoms with van der Waals surface area (Å²) >= 11 is 0. The van der Waals surface area contributed by atoms with Gasteiger partial charge in [0.25, 0.3) is 0 Å². The summed E-state index contributed by atoms with van der Waals surface area (Å²) in [7, 11) is 2.20. The van der Waals surface area contributed by atoms with Gasteiger partial charge < -0.3 is 14.3 Å². The summed E-state index contributed by atoms with van der Waals surface area (Å²) in [6, 6.07) is 18.4. The standard InChI is InChI=1S/C26H28N6/c1-19-4-10-23(28-19)22-9-11-25-29-26(21-7-5-20(16-27)6-8-21)24(32(25)17-22)18-31-13-3-12-30(2)14-15-31/h4-11,17,28H,3,12-15,18H2,1-2H3. The molecule has 0 unspecified atom stereocenters. The van der Waals surface area contributed by atoms with E-state index in [9.17, 15) is 5.26 Å². The second-order valence-corrected chi connectivity index (χ2v) is 8.73. The number of hydrogen-bond donors (Lipinski definition) is 1. The summed E-state index contributed by atoms with van der Waals surface area (Å²) < 4.78 is 2.24. The lowest BCUT2D eigenvalue weighted by Gasteiger charge is -2.20. The van der Waals surface area contributed by atoms with Crippen LogP contribution in [-0.2, 0) is 6.54 Å². The van der Waals surface area contributed by atoms with E-state index in [0.717, 1.165) is 66.6 Å². The zero-order valence-corrected chi connectivity index (χ0v) is 18.7. The Kier molecular flexibility index (Phi) is 5.52. The molecule has 3 aromatic heterocycles. The number of aryl methyl sites for hydroxylation is 1. The molecule has 0 aliphatic carbocycles. The average Bonchev–Trinajstić information content (AvgIpc) is 3.33. The zero-order valence-electron chi connectivity index (χ0n) is 18.7. The molecule has 4 heterocycles. The van der Waals surface area contributed by atoms with Crippen molar-refractivity contribution in [2.24, 2.45) is 0 Å². The molecule has 1 aliphatic rings. The van der Waals surface area contributed by atoms with Gasteiger partial charge in [-0.3, -0.25) is 4.90 Å². The van der Waals surface area contributed by atoms with Crippen LogP contribution in [0.4, 0.5) is 0 Å². The molecule has 1 fully saturated rings. The molecule has 0 saturated carbocycles. The molecule has 0 bridgehead atoms. The molecule has 1 aliphatic heterocycles. The van der Waals surface area contributed by atoms with Crippen molar-refractivity contribution >= 4 is 5.65 Å². The Balaban J connectivity index is 1.60. The summed E-state index contributed by atoms with van der Waals surface area (Å²) in [6.45, 7) is 7.27. The van der Waals surface area contributed by atoms with Crippen molar-refractivity contribution in [2.45, 2.75) is 19.9 Å². The number of likely N-dealkylation sites (N-methyl/N-ethyl adjacent to an activating group) is 1. The average molecular weight is 425 g/mol. The highest BCUT2D eigenvalue weighted by molar-refractivity contribution is 5.69. The Bertz CT molecular complexity index is 1270. The maximum Gasteiger partial charge on any atom is 0.137 e. The van der Waals surface area contributed by atoms with Gasteiger partial charge in [0.05, 0.1) is 23.0 Å². The van der Waals surface area contributed by atoms with Crippen LogP contribution in [-0.4, -0.2) is 57.4 Å². The van der Waals surface area contributed by atoms with Gasteiger partial charge in [-0.25, -0.2) is 4.98 Å². The van der Waals surface area contributed by atoms with E-state index in [1.54, 1.807) is 0 Å². The molecule has 0 amide bonds. The Labute approximate surface area is 188 Å². The number of hydrogen-bond acceptors (Lipinski definition) is 4. The van der Waals surface area contributed by atoms with Crippen LogP contribution in [0.25, 0.3) is 28.2 Å². The van der Waals surface area contributed by atoms with Crippen molar-refractivity contribution in [3.8, 4) is 28.6 Å². The van der Waals surface area contributed by atoms with Crippen LogP contribution in [0.1, 0.15) is 23.4 Å². The van der Waals surface area contributed by atoms with E-state index in [-0.39, 0.29) is 0 Å². The number of nitrogens with zero attached hydrogens (tertiary/aromatic N) is 5. The van der Waals surface area contributed by atoms with Crippen LogP contribution in [0, 0.1) is 18.3 Å². The number of fused-ring (bicyclic) bond motifs is 1. The Morgan fingerprint density at radius 1 is 0.969 bits per heavy atom. The van der Waals surface area contributed by atoms with Gasteiger partial charge in [0, 0.05) is 48.3 Å². The molecule has 162 valence electrons. The second-order valence-electron chi connectivity index (χ2n) is 8.73. The normalized spacial score (nSPS) is 15.7. The number of pyridine rings is 1. The van der Waals surface area contributed by atoms with Gasteiger partial charge in [-0.1, -0.05) is 12.1 Å². The first kappa shape index (κ1) is 20.5. The number of benzene rings is 1. The number of nitriles is 1. The molecule has 1 N–H and O–H groups in total. The summed E-state index contributed by atoms with van der Waals surface area (Å²) in [6.07, 6.45) is 3.37. The molecule has 4 aromatic rings. The fourth-order valence-corrected chi connectivity index (χ4v) is 4.48. The SMILES string of the molecule is Cc1ccc(-c2ccc3nc(-c4ccc(C#N)cc4)c(CN4CCCN(C)CC4)n3c2)[nH]1. The maximum absolute atomic E-state index is 9.19. The molecule has 32 heavy (non-hydrogen) atoms. The predicted molar refractivity (Wildman–Crippen MR) is 127 cm³/mol. The summed E-state index contributed by atoms with van der Waals surface area (Å²) in [5.74, 6) is 0. The third-order valence-corrected chi connectivity index (χ3v) is 6.33. The number of H-pyrrole nitrogens is 1. The molecule has 6 heteroatoms. The topological polar surface area (TPSA) is 63.4 Å². The number of imidazole rings is 1. The van der Waals surface area contributed by atoms with E-state index >= 15 is 0 Å². The van der Waals surface area contributed by atoms with Gasteiger partial charge in [0.2, 0.25) is 0 Å². The molecular weight excluding hydrogens is 396 g/mol. The molecule has 1 aromatic carbocycles. The molecule has 0 radical (unpaired) electrons. The number of aromatic amines is 1. The highest BCUT2D eigenvalue weighted by atomic mass is 15.2. The first-order valence-electron chi connectivity index (χ1n) is 11.2. The molecule has 1 saturated heterocycles. The number of aromatic nitrogens is 3. The van der Waals surface area contributed by atoms with Crippen molar-refractivity contribution < 1.29 is 0 Å². The van der Waals surface area contributed by atoms with E-state index in [1.165, 1.54) is 12.1 Å². The highest BCUT2D eigenvalue weighted by Gasteiger charge is 2.20. The van der Waals surface area contributed by atoms with Crippen LogP contribution in [0.2, 0.25) is 0 Å². The van der Waals surface area contributed by atoms with Gasteiger partial charge in [0.15, 0.2) is 0 Å². The minimum Gasteiger partial charge on any atom is -0.359 e. The molecular formula is C26H28N6. The monoisotopic (exact) mass is 424 g/mol. The van der Waals surface area contributed by atoms with Crippen LogP contribution in [0.5, 0.6) is 0 Å². The fraction of sp³-hybridized carbons (Fsp3) is 0.308. The van der Waals surface area contributed by atoms with E-state index in [4.69, 9.17) is 4.98 Å². The van der Waals surface area contributed by atoms with Gasteiger partial charge in [-0.2, -0.15) is 5.26 Å². The zero-order chi connectivity index (χ0) is 22.1. The van der Waals surface area contributed by atoms with E-state index in [0.29, 0.717) is 5.56 Å². The van der Waals surface area contributed by atoms with Crippen molar-refractivity contribution in [2.75, 3.05) is 33.2 Å². The van der Waals surface area contributed by atoms with E-state index < -0.39 is 0 Å². The lowest BCUT2D eigenvalue weighted by atomic mass is 10.1. The summed E-state index contributed by atoms with van der Waals surface area (Å²) in [5, 5.41) is 9.19. The van der Waals surface area contributed by atoms with Gasteiger partial charge in [-0.15, -0.1) is 0 Å². The second kappa shape index (κ2) is 8.62. The molecule has 5 rings (SSSR count). The smallest absolute Gasteiger partial charge is 0.137 e. The van der Waals surface area contributed by atoms with E-state index in [2.05, 4.69) is 69.7 Å². The molecule has 0 spiro atoms. The van der Waals surface area contributed by atoms with Gasteiger partial charge in [-0.05, 0) is 69.9 Å². The predicted octanol–water partition coefficient (Wildman–Crippen LogP) is 4.31. The number of nitrogens with one attached hydrogen (secondary N) is 1. The largest absolute Gasteiger partial charge is 0.359 e. The molecule has 6 nitrogen and oxygen atoms in total. The summed E-state index contributed by atoms with van der Waals surface area (Å²) in [5.41, 5.74) is 8.25. The maximum atomic E-state index is 9.19. The lowest BCUT2D eigenvalue weighted by Crippen LogP contribution is -2.29. The van der Waals surface area contributed by atoms with Crippen molar-refractivity contribution in [1.29, 1.82) is 5.26 Å². The Hall–Kier alpha value is -3.40. The highest BCUT2D eigenvalue weighted by Crippen LogP contribution is 2.29. The molecule has 0 atom stereocenters. The van der Waals surface area contributed by atoms with Crippen molar-refractivity contribution in [3.63, 3.8) is 0 Å². The minimum absolute atomic E-state index is 0.666. The summed E-state index contributed by atoms with van der Waals surface area (Å²) in [4.78, 5) is 13.4.